The molecule has 0 spiro atoms. The zero-order chi connectivity index (χ0) is 17.8. The molecule has 1 heterocycles. The first kappa shape index (κ1) is 17.2. The normalized spacial score (nSPS) is 15.6. The number of halogens is 1. The summed E-state index contributed by atoms with van der Waals surface area (Å²) < 4.78 is 6.51. The smallest absolute Gasteiger partial charge is 0.282 e. The molecule has 0 aromatic heterocycles. The first-order valence-corrected chi connectivity index (χ1v) is 8.74. The van der Waals surface area contributed by atoms with Crippen LogP contribution >= 0.6 is 15.9 Å². The molecule has 0 saturated carbocycles. The van der Waals surface area contributed by atoms with E-state index in [4.69, 9.17) is 4.74 Å². The van der Waals surface area contributed by atoms with E-state index in [1.807, 2.05) is 37.3 Å². The molecule has 2 amide bonds. The molecule has 0 aliphatic carbocycles. The van der Waals surface area contributed by atoms with E-state index in [1.165, 1.54) is 5.01 Å². The number of rotatable bonds is 5. The van der Waals surface area contributed by atoms with Crippen LogP contribution in [0.5, 0.6) is 5.75 Å². The fraction of sp³-hybridized carbons (Fsp3) is 0.158. The highest BCUT2D eigenvalue weighted by atomic mass is 79.9. The number of ether oxygens (including phenoxy) is 1. The number of hydrogen-bond donors (Lipinski definition) is 1. The van der Waals surface area contributed by atoms with E-state index in [-0.39, 0.29) is 5.57 Å². The van der Waals surface area contributed by atoms with Crippen molar-refractivity contribution < 1.29 is 14.3 Å². The number of nitrogens with zero attached hydrogens (tertiary/aromatic N) is 1. The molecule has 0 radical (unpaired) electrons. The van der Waals surface area contributed by atoms with Crippen LogP contribution in [0.4, 0.5) is 5.69 Å². The van der Waals surface area contributed by atoms with Gasteiger partial charge in [0, 0.05) is 10.0 Å². The van der Waals surface area contributed by atoms with Crippen molar-refractivity contribution in [2.45, 2.75) is 13.3 Å². The average Bonchev–Trinajstić information content (AvgIpc) is 2.89. The SMILES string of the molecule is CCCOc1ccccc1C=C1C(=O)NN(c2cccc(Br)c2)C1=O. The minimum atomic E-state index is -0.435. The van der Waals surface area contributed by atoms with Crippen molar-refractivity contribution in [3.05, 3.63) is 64.1 Å². The van der Waals surface area contributed by atoms with Gasteiger partial charge in [-0.1, -0.05) is 47.1 Å². The van der Waals surface area contributed by atoms with Gasteiger partial charge < -0.3 is 4.74 Å². The van der Waals surface area contributed by atoms with E-state index in [0.717, 1.165) is 10.9 Å². The number of hydrazine groups is 1. The Morgan fingerprint density at radius 2 is 1.96 bits per heavy atom. The Morgan fingerprint density at radius 3 is 2.72 bits per heavy atom. The maximum Gasteiger partial charge on any atom is 0.282 e. The monoisotopic (exact) mass is 400 g/mol. The summed E-state index contributed by atoms with van der Waals surface area (Å²) in [4.78, 5) is 25.0. The van der Waals surface area contributed by atoms with Gasteiger partial charge in [-0.2, -0.15) is 0 Å². The first-order chi connectivity index (χ1) is 12.1. The van der Waals surface area contributed by atoms with Gasteiger partial charge in [0.05, 0.1) is 12.3 Å². The number of benzene rings is 2. The van der Waals surface area contributed by atoms with Crippen molar-refractivity contribution in [2.24, 2.45) is 0 Å². The Hall–Kier alpha value is -2.60. The van der Waals surface area contributed by atoms with Crippen LogP contribution < -0.4 is 15.2 Å². The Labute approximate surface area is 154 Å². The Morgan fingerprint density at radius 1 is 1.16 bits per heavy atom. The molecule has 0 unspecified atom stereocenters. The van der Waals surface area contributed by atoms with Crippen LogP contribution in [0, 0.1) is 0 Å². The minimum Gasteiger partial charge on any atom is -0.493 e. The highest BCUT2D eigenvalue weighted by Crippen LogP contribution is 2.26. The number of amides is 2. The number of nitrogens with one attached hydrogen (secondary N) is 1. The molecule has 1 aliphatic heterocycles. The number of carbonyl (C=O) groups excluding carboxylic acids is 2. The number of hydrogen-bond acceptors (Lipinski definition) is 3. The van der Waals surface area contributed by atoms with Crippen molar-refractivity contribution in [1.29, 1.82) is 0 Å². The molecule has 5 nitrogen and oxygen atoms in total. The molecule has 25 heavy (non-hydrogen) atoms. The molecule has 6 heteroatoms. The Balaban J connectivity index is 1.92. The molecule has 0 bridgehead atoms. The molecule has 3 rings (SSSR count). The van der Waals surface area contributed by atoms with Gasteiger partial charge in [0.2, 0.25) is 0 Å². The molecular formula is C19H17BrN2O3. The summed E-state index contributed by atoms with van der Waals surface area (Å²) in [5, 5.41) is 1.24. The van der Waals surface area contributed by atoms with Crippen LogP contribution in [0.25, 0.3) is 6.08 Å². The zero-order valence-electron chi connectivity index (χ0n) is 13.7. The second-order valence-electron chi connectivity index (χ2n) is 5.51. The van der Waals surface area contributed by atoms with Crippen LogP contribution in [-0.2, 0) is 9.59 Å². The Bertz CT molecular complexity index is 848. The van der Waals surface area contributed by atoms with Crippen molar-refractivity contribution in [3.8, 4) is 5.75 Å². The second kappa shape index (κ2) is 7.53. The van der Waals surface area contributed by atoms with Gasteiger partial charge in [-0.3, -0.25) is 15.0 Å². The maximum absolute atomic E-state index is 12.7. The summed E-state index contributed by atoms with van der Waals surface area (Å²) in [6, 6.07) is 14.5. The summed E-state index contributed by atoms with van der Waals surface area (Å²) >= 11 is 3.36. The number of anilines is 1. The summed E-state index contributed by atoms with van der Waals surface area (Å²) in [6.45, 7) is 2.59. The van der Waals surface area contributed by atoms with Gasteiger partial charge in [0.25, 0.3) is 11.8 Å². The van der Waals surface area contributed by atoms with E-state index in [2.05, 4.69) is 21.4 Å². The molecular weight excluding hydrogens is 384 g/mol. The molecule has 2 aromatic carbocycles. The molecule has 0 atom stereocenters. The van der Waals surface area contributed by atoms with Crippen LogP contribution in [0.3, 0.4) is 0 Å². The third-order valence-corrected chi connectivity index (χ3v) is 4.13. The van der Waals surface area contributed by atoms with Gasteiger partial charge in [-0.05, 0) is 36.8 Å². The maximum atomic E-state index is 12.7. The van der Waals surface area contributed by atoms with Gasteiger partial charge >= 0.3 is 0 Å². The van der Waals surface area contributed by atoms with Gasteiger partial charge in [0.15, 0.2) is 0 Å². The molecule has 1 fully saturated rings. The van der Waals surface area contributed by atoms with Crippen LogP contribution in [-0.4, -0.2) is 18.4 Å². The van der Waals surface area contributed by atoms with E-state index in [0.29, 0.717) is 23.6 Å². The molecule has 1 saturated heterocycles. The first-order valence-electron chi connectivity index (χ1n) is 7.94. The van der Waals surface area contributed by atoms with Crippen molar-refractivity contribution >= 4 is 39.5 Å². The minimum absolute atomic E-state index is 0.0764. The number of carbonyl (C=O) groups is 2. The van der Waals surface area contributed by atoms with Crippen LogP contribution in [0.1, 0.15) is 18.9 Å². The predicted molar refractivity (Wildman–Crippen MR) is 100.0 cm³/mol. The lowest BCUT2D eigenvalue weighted by Gasteiger charge is -2.14. The van der Waals surface area contributed by atoms with Crippen LogP contribution in [0.2, 0.25) is 0 Å². The third kappa shape index (κ3) is 3.74. The fourth-order valence-electron chi connectivity index (χ4n) is 2.45. The molecule has 2 aromatic rings. The van der Waals surface area contributed by atoms with Crippen molar-refractivity contribution in [3.63, 3.8) is 0 Å². The van der Waals surface area contributed by atoms with Crippen LogP contribution in [0.15, 0.2) is 58.6 Å². The van der Waals surface area contributed by atoms with Crippen molar-refractivity contribution in [2.75, 3.05) is 11.6 Å². The molecule has 1 aliphatic rings. The Kier molecular flexibility index (Phi) is 5.19. The lowest BCUT2D eigenvalue weighted by Crippen LogP contribution is -2.35. The number of para-hydroxylation sites is 1. The summed E-state index contributed by atoms with van der Waals surface area (Å²) in [7, 11) is 0. The predicted octanol–water partition coefficient (Wildman–Crippen LogP) is 3.70. The quantitative estimate of drug-likeness (QED) is 0.614. The zero-order valence-corrected chi connectivity index (χ0v) is 15.2. The molecule has 128 valence electrons. The lowest BCUT2D eigenvalue weighted by molar-refractivity contribution is -0.117. The van der Waals surface area contributed by atoms with E-state index < -0.39 is 11.8 Å². The lowest BCUT2D eigenvalue weighted by atomic mass is 10.1. The van der Waals surface area contributed by atoms with E-state index >= 15 is 0 Å². The highest BCUT2D eigenvalue weighted by molar-refractivity contribution is 9.10. The summed E-state index contributed by atoms with van der Waals surface area (Å²) in [5.74, 6) is -0.179. The largest absolute Gasteiger partial charge is 0.493 e. The summed E-state index contributed by atoms with van der Waals surface area (Å²) in [5.41, 5.74) is 3.96. The van der Waals surface area contributed by atoms with Gasteiger partial charge in [-0.25, -0.2) is 5.01 Å². The van der Waals surface area contributed by atoms with Gasteiger partial charge in [-0.15, -0.1) is 0 Å². The van der Waals surface area contributed by atoms with Gasteiger partial charge in [0.1, 0.15) is 11.3 Å². The van der Waals surface area contributed by atoms with E-state index in [1.54, 1.807) is 24.3 Å². The fourth-order valence-corrected chi connectivity index (χ4v) is 2.84. The molecule has 1 N–H and O–H groups in total. The van der Waals surface area contributed by atoms with Crippen molar-refractivity contribution in [1.82, 2.24) is 5.43 Å². The average molecular weight is 401 g/mol. The highest BCUT2D eigenvalue weighted by Gasteiger charge is 2.34. The second-order valence-corrected chi connectivity index (χ2v) is 6.42. The topological polar surface area (TPSA) is 58.6 Å². The van der Waals surface area contributed by atoms with E-state index in [9.17, 15) is 9.59 Å². The standard InChI is InChI=1S/C19H17BrN2O3/c1-2-10-25-17-9-4-3-6-13(17)11-16-18(23)21-22(19(16)24)15-8-5-7-14(20)12-15/h3-9,11-12H,2,10H2,1H3,(H,21,23). The summed E-state index contributed by atoms with van der Waals surface area (Å²) in [6.07, 6.45) is 2.45. The third-order valence-electron chi connectivity index (χ3n) is 3.64.